The number of halogens is 2. The third kappa shape index (κ3) is 3.77. The van der Waals surface area contributed by atoms with E-state index < -0.39 is 27.1 Å². The van der Waals surface area contributed by atoms with Gasteiger partial charge in [0.05, 0.1) is 0 Å². The van der Waals surface area contributed by atoms with Crippen molar-refractivity contribution < 1.29 is 34.0 Å². The van der Waals surface area contributed by atoms with Crippen molar-refractivity contribution >= 4 is 35.8 Å². The van der Waals surface area contributed by atoms with Gasteiger partial charge in [-0.15, -0.1) is 0 Å². The van der Waals surface area contributed by atoms with E-state index in [0.29, 0.717) is 0 Å². The van der Waals surface area contributed by atoms with Crippen molar-refractivity contribution in [2.45, 2.75) is 33.3 Å². The topological polar surface area (TPSA) is 0 Å². The fraction of sp³-hybridized carbons (Fsp3) is 0.333. The van der Waals surface area contributed by atoms with Crippen LogP contribution in [0.15, 0.2) is 48.5 Å². The Morgan fingerprint density at radius 3 is 1.27 bits per heavy atom. The Labute approximate surface area is 161 Å². The average molecular weight is 550 g/mol. The predicted molar refractivity (Wildman–Crippen MR) is 95.7 cm³/mol. The zero-order chi connectivity index (χ0) is 14.4. The molecule has 0 saturated carbocycles. The Bertz CT molecular complexity index is 594. The van der Waals surface area contributed by atoms with E-state index in [9.17, 15) is 0 Å². The second-order valence-corrected chi connectivity index (χ2v) is 24.9. The molecule has 0 aliphatic carbocycles. The van der Waals surface area contributed by atoms with Gasteiger partial charge in [0, 0.05) is 0 Å². The van der Waals surface area contributed by atoms with Crippen molar-refractivity contribution in [2.24, 2.45) is 0 Å². The first-order valence-electron chi connectivity index (χ1n) is 7.27. The number of benzene rings is 2. The van der Waals surface area contributed by atoms with Gasteiger partial charge in [-0.05, 0) is 0 Å². The van der Waals surface area contributed by atoms with Gasteiger partial charge in [0.25, 0.3) is 0 Å². The molecule has 22 heavy (non-hydrogen) atoms. The minimum atomic E-state index is -1.69. The van der Waals surface area contributed by atoms with Crippen LogP contribution in [-0.2, 0) is 0 Å². The van der Waals surface area contributed by atoms with Crippen LogP contribution in [0.4, 0.5) is 0 Å². The van der Waals surface area contributed by atoms with E-state index in [2.05, 4.69) is 71.4 Å². The van der Waals surface area contributed by atoms with Crippen LogP contribution in [0.3, 0.4) is 0 Å². The number of rotatable bonds is 0. The van der Waals surface area contributed by atoms with E-state index in [1.807, 2.05) is 0 Å². The molecule has 0 saturated heterocycles. The van der Waals surface area contributed by atoms with Gasteiger partial charge in [-0.25, -0.2) is 0 Å². The summed E-state index contributed by atoms with van der Waals surface area (Å²) in [5.41, 5.74) is 13.4. The molecular formula is C18H24As2Br2. The zero-order valence-corrected chi connectivity index (χ0v) is 20.6. The van der Waals surface area contributed by atoms with Crippen molar-refractivity contribution in [3.8, 4) is 11.1 Å². The van der Waals surface area contributed by atoms with E-state index >= 15 is 0 Å². The molecule has 0 nitrogen and oxygen atoms in total. The summed E-state index contributed by atoms with van der Waals surface area (Å²) in [6.07, 6.45) is 0. The molecule has 0 fully saturated rings. The molecule has 0 spiro atoms. The molecule has 0 amide bonds. The summed E-state index contributed by atoms with van der Waals surface area (Å²) < 4.78 is 3.38. The molecule has 1 heterocycles. The van der Waals surface area contributed by atoms with Gasteiger partial charge in [0.15, 0.2) is 0 Å². The van der Waals surface area contributed by atoms with Gasteiger partial charge in [0.1, 0.15) is 0 Å². The van der Waals surface area contributed by atoms with E-state index in [0.717, 1.165) is 0 Å². The minimum absolute atomic E-state index is 0. The summed E-state index contributed by atoms with van der Waals surface area (Å²) in [5.74, 6) is 0. The zero-order valence-electron chi connectivity index (χ0n) is 13.7. The van der Waals surface area contributed by atoms with Gasteiger partial charge in [0.2, 0.25) is 0 Å². The third-order valence-corrected chi connectivity index (χ3v) is 19.0. The van der Waals surface area contributed by atoms with Crippen LogP contribution in [-0.4, -0.2) is 27.1 Å². The molecule has 120 valence electrons. The molecule has 1 aliphatic rings. The summed E-state index contributed by atoms with van der Waals surface area (Å²) in [5, 5.41) is 2.95. The first kappa shape index (κ1) is 20.6. The minimum Gasteiger partial charge on any atom is -1.00 e. The standard InChI is InChI=1S/C18H24As2.2BrH/c1-19(2)13-14-20(3,4)18-12-8-6-10-16(18)15-9-5-7-11-17(15)19;;/h5-12H,13-14H2,1-4H3;2*1H/q+2;;/p-2. The Morgan fingerprint density at radius 1 is 0.591 bits per heavy atom. The molecule has 0 aromatic heterocycles. The maximum absolute atomic E-state index is 2.58. The fourth-order valence-corrected chi connectivity index (χ4v) is 22.8. The van der Waals surface area contributed by atoms with Gasteiger partial charge in [-0.3, -0.25) is 0 Å². The van der Waals surface area contributed by atoms with E-state index in [-0.39, 0.29) is 34.0 Å². The molecule has 2 aromatic rings. The summed E-state index contributed by atoms with van der Waals surface area (Å²) >= 11 is -3.37. The largest absolute Gasteiger partial charge is 1.00 e. The first-order valence-corrected chi connectivity index (χ1v) is 19.3. The number of fused-ring (bicyclic) bond motifs is 3. The average Bonchev–Trinajstić information content (AvgIpc) is 2.45. The molecule has 2 aromatic carbocycles. The van der Waals surface area contributed by atoms with E-state index in [4.69, 9.17) is 0 Å². The van der Waals surface area contributed by atoms with Crippen LogP contribution in [0.25, 0.3) is 11.1 Å². The summed E-state index contributed by atoms with van der Waals surface area (Å²) in [4.78, 5) is 0. The van der Waals surface area contributed by atoms with Gasteiger partial charge in [-0.2, -0.15) is 0 Å². The van der Waals surface area contributed by atoms with E-state index in [1.165, 1.54) is 21.5 Å². The first-order chi connectivity index (χ1) is 9.42. The number of hydrogen-bond donors (Lipinski definition) is 0. The predicted octanol–water partition coefficient (Wildman–Crippen LogP) is -1.79. The molecule has 0 atom stereocenters. The van der Waals surface area contributed by atoms with Crippen LogP contribution in [0, 0.1) is 0 Å². The van der Waals surface area contributed by atoms with Crippen molar-refractivity contribution in [3.05, 3.63) is 48.5 Å². The smallest absolute Gasteiger partial charge is 1.00 e. The number of hydrogen-bond acceptors (Lipinski definition) is 0. The Hall–Kier alpha value is 0.517. The van der Waals surface area contributed by atoms with E-state index in [1.54, 1.807) is 8.70 Å². The van der Waals surface area contributed by atoms with Crippen molar-refractivity contribution in [3.63, 3.8) is 0 Å². The Morgan fingerprint density at radius 2 is 0.909 bits per heavy atom. The maximum Gasteiger partial charge on any atom is -1.00 e. The van der Waals surface area contributed by atoms with Crippen LogP contribution in [0.2, 0.25) is 33.3 Å². The van der Waals surface area contributed by atoms with Crippen molar-refractivity contribution in [1.82, 2.24) is 0 Å². The van der Waals surface area contributed by atoms with Crippen LogP contribution < -0.4 is 42.7 Å². The molecule has 4 heteroatoms. The van der Waals surface area contributed by atoms with Crippen LogP contribution in [0.5, 0.6) is 0 Å². The third-order valence-electron chi connectivity index (χ3n) is 4.62. The van der Waals surface area contributed by atoms with Crippen molar-refractivity contribution in [1.29, 1.82) is 0 Å². The molecular weight excluding hydrogens is 526 g/mol. The monoisotopic (exact) mass is 548 g/mol. The Kier molecular flexibility index (Phi) is 7.11. The van der Waals surface area contributed by atoms with Gasteiger partial charge >= 0.3 is 129 Å². The van der Waals surface area contributed by atoms with Crippen LogP contribution in [0.1, 0.15) is 0 Å². The van der Waals surface area contributed by atoms with Gasteiger partial charge in [-0.1, -0.05) is 0 Å². The molecule has 0 N–H and O–H groups in total. The second-order valence-electron chi connectivity index (χ2n) is 6.85. The maximum atomic E-state index is 2.58. The summed E-state index contributed by atoms with van der Waals surface area (Å²) in [6.45, 7) is 0. The Balaban J connectivity index is 0.00000121. The quantitative estimate of drug-likeness (QED) is 0.341. The molecule has 0 bridgehead atoms. The summed E-state index contributed by atoms with van der Waals surface area (Å²) in [7, 11) is 0. The van der Waals surface area contributed by atoms with Crippen LogP contribution >= 0.6 is 0 Å². The second kappa shape index (κ2) is 7.60. The molecule has 1 aliphatic heterocycles. The normalized spacial score (nSPS) is 17.6. The molecule has 3 rings (SSSR count). The van der Waals surface area contributed by atoms with Gasteiger partial charge < -0.3 is 34.0 Å². The summed E-state index contributed by atoms with van der Waals surface area (Å²) in [6, 6.07) is 18.4. The van der Waals surface area contributed by atoms with Crippen molar-refractivity contribution in [2.75, 3.05) is 0 Å². The molecule has 0 unspecified atom stereocenters. The fourth-order valence-electron chi connectivity index (χ4n) is 3.20. The molecule has 0 radical (unpaired) electrons. The SMILES string of the molecule is C[As+]1(C)CC[As+](C)(C)c2ccccc2-c2ccccc21.[Br-].[Br-].